The molecule has 1 aromatic rings. The highest BCUT2D eigenvalue weighted by Crippen LogP contribution is 2.19. The maximum Gasteiger partial charge on any atom is 0.109 e. The van der Waals surface area contributed by atoms with Crippen LogP contribution in [0.1, 0.15) is 25.5 Å². The third-order valence-corrected chi connectivity index (χ3v) is 2.10. The van der Waals surface area contributed by atoms with Crippen LogP contribution in [0.3, 0.4) is 0 Å². The Balaban J connectivity index is 2.85. The summed E-state index contributed by atoms with van der Waals surface area (Å²) in [7, 11) is 1.93. The Morgan fingerprint density at radius 3 is 2.67 bits per heavy atom. The summed E-state index contributed by atoms with van der Waals surface area (Å²) in [5.41, 5.74) is 1.23. The molecule has 0 saturated heterocycles. The molecule has 0 atom stereocenters. The van der Waals surface area contributed by atoms with Gasteiger partial charge < -0.3 is 9.88 Å². The molecule has 0 saturated carbocycles. The Bertz CT molecular complexity index is 253. The predicted molar refractivity (Wildman–Crippen MR) is 52.6 cm³/mol. The molecule has 0 radical (unpaired) electrons. The molecule has 1 N–H and O–H groups in total. The van der Waals surface area contributed by atoms with E-state index < -0.39 is 0 Å². The molecule has 0 aliphatic heterocycles. The summed E-state index contributed by atoms with van der Waals surface area (Å²) in [6, 6.07) is 2.43. The van der Waals surface area contributed by atoms with E-state index in [-0.39, 0.29) is 0 Å². The summed E-state index contributed by atoms with van der Waals surface area (Å²) < 4.78 is 2.06. The van der Waals surface area contributed by atoms with Gasteiger partial charge in [0.05, 0.1) is 0 Å². The van der Waals surface area contributed by atoms with E-state index in [1.165, 1.54) is 5.56 Å². The molecular formula is C9H15ClN2. The number of nitrogens with zero attached hydrogens (tertiary/aromatic N) is 1. The SMILES string of the molecule is CNCc1cc(Cl)n(C(C)C)c1. The number of hydrogen-bond acceptors (Lipinski definition) is 1. The average Bonchev–Trinajstić information content (AvgIpc) is 2.32. The van der Waals surface area contributed by atoms with Gasteiger partial charge in [-0.3, -0.25) is 0 Å². The van der Waals surface area contributed by atoms with Crippen LogP contribution in [0.15, 0.2) is 12.3 Å². The Morgan fingerprint density at radius 2 is 2.25 bits per heavy atom. The molecule has 0 bridgehead atoms. The molecule has 68 valence electrons. The number of rotatable bonds is 3. The van der Waals surface area contributed by atoms with E-state index in [4.69, 9.17) is 11.6 Å². The molecule has 3 heteroatoms. The second-order valence-electron chi connectivity index (χ2n) is 3.20. The Hall–Kier alpha value is -0.470. The van der Waals surface area contributed by atoms with Crippen LogP contribution in [0, 0.1) is 0 Å². The number of halogens is 1. The van der Waals surface area contributed by atoms with E-state index in [0.717, 1.165) is 11.7 Å². The van der Waals surface area contributed by atoms with Crippen molar-refractivity contribution >= 4 is 11.6 Å². The van der Waals surface area contributed by atoms with Gasteiger partial charge in [-0.15, -0.1) is 0 Å². The molecule has 1 heterocycles. The van der Waals surface area contributed by atoms with E-state index in [1.807, 2.05) is 13.1 Å². The highest BCUT2D eigenvalue weighted by Gasteiger charge is 2.04. The van der Waals surface area contributed by atoms with Crippen LogP contribution in [0.5, 0.6) is 0 Å². The molecular weight excluding hydrogens is 172 g/mol. The molecule has 2 nitrogen and oxygen atoms in total. The third-order valence-electron chi connectivity index (χ3n) is 1.79. The van der Waals surface area contributed by atoms with Crippen LogP contribution in [-0.2, 0) is 6.54 Å². The fourth-order valence-corrected chi connectivity index (χ4v) is 1.59. The van der Waals surface area contributed by atoms with E-state index in [2.05, 4.69) is 29.9 Å². The summed E-state index contributed by atoms with van der Waals surface area (Å²) >= 11 is 6.01. The first kappa shape index (κ1) is 9.62. The van der Waals surface area contributed by atoms with E-state index in [1.54, 1.807) is 0 Å². The lowest BCUT2D eigenvalue weighted by molar-refractivity contribution is 0.602. The zero-order valence-electron chi connectivity index (χ0n) is 7.76. The van der Waals surface area contributed by atoms with Crippen molar-refractivity contribution in [2.75, 3.05) is 7.05 Å². The first-order chi connectivity index (χ1) is 5.65. The summed E-state index contributed by atoms with van der Waals surface area (Å²) in [5, 5.41) is 3.91. The fraction of sp³-hybridized carbons (Fsp3) is 0.556. The first-order valence-electron chi connectivity index (χ1n) is 4.16. The Morgan fingerprint density at radius 1 is 1.58 bits per heavy atom. The van der Waals surface area contributed by atoms with Gasteiger partial charge in [0.2, 0.25) is 0 Å². The van der Waals surface area contributed by atoms with E-state index >= 15 is 0 Å². The first-order valence-corrected chi connectivity index (χ1v) is 4.53. The largest absolute Gasteiger partial charge is 0.336 e. The molecule has 12 heavy (non-hydrogen) atoms. The van der Waals surface area contributed by atoms with Gasteiger partial charge in [-0.25, -0.2) is 0 Å². The molecule has 0 spiro atoms. The van der Waals surface area contributed by atoms with Gasteiger partial charge in [-0.05, 0) is 32.5 Å². The fourth-order valence-electron chi connectivity index (χ4n) is 1.20. The number of nitrogens with one attached hydrogen (secondary N) is 1. The van der Waals surface area contributed by atoms with Crippen LogP contribution >= 0.6 is 11.6 Å². The quantitative estimate of drug-likeness (QED) is 0.768. The second-order valence-corrected chi connectivity index (χ2v) is 3.59. The molecule has 1 aromatic heterocycles. The van der Waals surface area contributed by atoms with Gasteiger partial charge in [0.25, 0.3) is 0 Å². The molecule has 0 unspecified atom stereocenters. The van der Waals surface area contributed by atoms with Gasteiger partial charge in [0.15, 0.2) is 0 Å². The maximum atomic E-state index is 6.01. The van der Waals surface area contributed by atoms with Crippen LogP contribution < -0.4 is 5.32 Å². The summed E-state index contributed by atoms with van der Waals surface area (Å²) in [5.74, 6) is 0. The van der Waals surface area contributed by atoms with Gasteiger partial charge in [-0.1, -0.05) is 11.6 Å². The topological polar surface area (TPSA) is 17.0 Å². The van der Waals surface area contributed by atoms with E-state index in [0.29, 0.717) is 6.04 Å². The van der Waals surface area contributed by atoms with Gasteiger partial charge in [-0.2, -0.15) is 0 Å². The highest BCUT2D eigenvalue weighted by molar-refractivity contribution is 6.29. The van der Waals surface area contributed by atoms with Crippen molar-refractivity contribution in [1.29, 1.82) is 0 Å². The summed E-state index contributed by atoms with van der Waals surface area (Å²) in [6.45, 7) is 5.11. The van der Waals surface area contributed by atoms with Crippen molar-refractivity contribution in [3.05, 3.63) is 23.0 Å². The molecule has 0 aliphatic carbocycles. The highest BCUT2D eigenvalue weighted by atomic mass is 35.5. The maximum absolute atomic E-state index is 6.01. The zero-order chi connectivity index (χ0) is 9.14. The Kier molecular flexibility index (Phi) is 3.18. The minimum absolute atomic E-state index is 0.433. The van der Waals surface area contributed by atoms with Crippen molar-refractivity contribution < 1.29 is 0 Å². The van der Waals surface area contributed by atoms with Crippen molar-refractivity contribution in [3.8, 4) is 0 Å². The van der Waals surface area contributed by atoms with Crippen molar-refractivity contribution in [3.63, 3.8) is 0 Å². The second kappa shape index (κ2) is 3.97. The van der Waals surface area contributed by atoms with Crippen molar-refractivity contribution in [2.24, 2.45) is 0 Å². The van der Waals surface area contributed by atoms with Crippen molar-refractivity contribution in [2.45, 2.75) is 26.4 Å². The van der Waals surface area contributed by atoms with Crippen LogP contribution in [0.4, 0.5) is 0 Å². The van der Waals surface area contributed by atoms with Crippen molar-refractivity contribution in [1.82, 2.24) is 9.88 Å². The average molecular weight is 187 g/mol. The lowest BCUT2D eigenvalue weighted by Gasteiger charge is -2.07. The molecule has 1 rings (SSSR count). The van der Waals surface area contributed by atoms with Gasteiger partial charge in [0, 0.05) is 18.8 Å². The molecule has 0 aromatic carbocycles. The number of hydrogen-bond donors (Lipinski definition) is 1. The van der Waals surface area contributed by atoms with Crippen LogP contribution in [0.2, 0.25) is 5.15 Å². The zero-order valence-corrected chi connectivity index (χ0v) is 8.52. The molecule has 0 aliphatic rings. The smallest absolute Gasteiger partial charge is 0.109 e. The minimum atomic E-state index is 0.433. The van der Waals surface area contributed by atoms with Gasteiger partial charge >= 0.3 is 0 Å². The summed E-state index contributed by atoms with van der Waals surface area (Å²) in [6.07, 6.45) is 2.09. The monoisotopic (exact) mass is 186 g/mol. The molecule has 0 amide bonds. The minimum Gasteiger partial charge on any atom is -0.336 e. The normalized spacial score (nSPS) is 11.1. The summed E-state index contributed by atoms with van der Waals surface area (Å²) in [4.78, 5) is 0. The van der Waals surface area contributed by atoms with Crippen LogP contribution in [-0.4, -0.2) is 11.6 Å². The lowest BCUT2D eigenvalue weighted by atomic mass is 10.3. The third kappa shape index (κ3) is 2.02. The predicted octanol–water partition coefficient (Wildman–Crippen LogP) is 2.44. The van der Waals surface area contributed by atoms with Crippen LogP contribution in [0.25, 0.3) is 0 Å². The van der Waals surface area contributed by atoms with E-state index in [9.17, 15) is 0 Å². The number of aromatic nitrogens is 1. The lowest BCUT2D eigenvalue weighted by Crippen LogP contribution is -2.04. The molecule has 0 fully saturated rings. The van der Waals surface area contributed by atoms with Gasteiger partial charge in [0.1, 0.15) is 5.15 Å². The standard InChI is InChI=1S/C9H15ClN2/c1-7(2)12-6-8(5-11-3)4-9(12)10/h4,6-7,11H,5H2,1-3H3. The Labute approximate surface area is 78.5 Å².